The molecule has 0 bridgehead atoms. The second kappa shape index (κ2) is 9.43. The number of carboxylic acid groups (broad SMARTS) is 1. The summed E-state index contributed by atoms with van der Waals surface area (Å²) in [4.78, 5) is 49.3. The van der Waals surface area contributed by atoms with Gasteiger partial charge in [0.25, 0.3) is 5.91 Å². The number of carboxylic acids is 1. The van der Waals surface area contributed by atoms with Gasteiger partial charge in [-0.1, -0.05) is 6.07 Å². The average molecular weight is 450 g/mol. The lowest BCUT2D eigenvalue weighted by molar-refractivity contribution is -0.155. The largest absolute Gasteiger partial charge is 0.480 e. The number of carbonyl (C=O) groups is 4. The average Bonchev–Trinajstić information content (AvgIpc) is 3.37. The number of carbonyl (C=O) groups excluding carboxylic acids is 3. The number of hydrogen-bond donors (Lipinski definition) is 3. The number of benzene rings is 1. The van der Waals surface area contributed by atoms with Crippen LogP contribution >= 0.6 is 0 Å². The van der Waals surface area contributed by atoms with Crippen molar-refractivity contribution in [3.8, 4) is 11.5 Å². The predicted octanol–water partition coefficient (Wildman–Crippen LogP) is 0.326. The third kappa shape index (κ3) is 5.28. The minimum absolute atomic E-state index is 0.142. The molecule has 0 aliphatic carbocycles. The maximum atomic E-state index is 12.6. The molecule has 2 atom stereocenters. The molecule has 11 nitrogen and oxygen atoms in total. The number of aliphatic hydroxyl groups is 1. The van der Waals surface area contributed by atoms with Crippen molar-refractivity contribution in [3.05, 3.63) is 23.8 Å². The molecular formula is C21H26N2O9. The van der Waals surface area contributed by atoms with Gasteiger partial charge in [0.15, 0.2) is 11.5 Å². The normalized spacial score (nSPS) is 19.5. The van der Waals surface area contributed by atoms with E-state index in [1.54, 1.807) is 6.07 Å². The summed E-state index contributed by atoms with van der Waals surface area (Å²) in [5.74, 6) is -1.90. The van der Waals surface area contributed by atoms with Gasteiger partial charge in [-0.3, -0.25) is 9.59 Å². The number of likely N-dealkylation sites (tertiary alicyclic amines) is 1. The third-order valence-corrected chi connectivity index (χ3v) is 5.32. The summed E-state index contributed by atoms with van der Waals surface area (Å²) in [6.45, 7) is 2.69. The van der Waals surface area contributed by atoms with Crippen LogP contribution < -0.4 is 14.8 Å². The van der Waals surface area contributed by atoms with E-state index in [-0.39, 0.29) is 32.9 Å². The van der Waals surface area contributed by atoms with Crippen molar-refractivity contribution in [2.75, 3.05) is 26.5 Å². The van der Waals surface area contributed by atoms with E-state index in [0.717, 1.165) is 10.5 Å². The number of aliphatic carboxylic acids is 1. The number of hydrogen-bond acceptors (Lipinski definition) is 8. The number of amides is 2. The van der Waals surface area contributed by atoms with Crippen molar-refractivity contribution in [2.24, 2.45) is 5.41 Å². The lowest BCUT2D eigenvalue weighted by Crippen LogP contribution is -2.49. The number of alkyl carbamates (subject to hydrolysis) is 1. The molecule has 1 fully saturated rings. The van der Waals surface area contributed by atoms with Crippen LogP contribution in [0.2, 0.25) is 0 Å². The molecule has 2 aliphatic rings. The summed E-state index contributed by atoms with van der Waals surface area (Å²) in [6.07, 6.45) is -1.39. The van der Waals surface area contributed by atoms with Crippen LogP contribution in [0, 0.1) is 5.41 Å². The number of nitrogens with zero attached hydrogens (tertiary/aromatic N) is 1. The number of nitrogens with one attached hydrogen (secondary N) is 1. The number of rotatable bonds is 8. The van der Waals surface area contributed by atoms with E-state index in [4.69, 9.17) is 14.2 Å². The molecule has 3 N–H and O–H groups in total. The molecule has 3 rings (SSSR count). The van der Waals surface area contributed by atoms with Crippen LogP contribution in [0.1, 0.15) is 25.8 Å². The molecule has 11 heteroatoms. The minimum Gasteiger partial charge on any atom is -0.480 e. The van der Waals surface area contributed by atoms with Crippen LogP contribution in [-0.4, -0.2) is 77.5 Å². The van der Waals surface area contributed by atoms with Gasteiger partial charge in [-0.25, -0.2) is 9.59 Å². The van der Waals surface area contributed by atoms with Crippen molar-refractivity contribution >= 4 is 23.8 Å². The lowest BCUT2D eigenvalue weighted by Gasteiger charge is -2.26. The Hall–Kier alpha value is -3.34. The topological polar surface area (TPSA) is 152 Å². The Morgan fingerprint density at radius 3 is 2.66 bits per heavy atom. The SMILES string of the molecule is CC(C)(COC(=O)NCCc1ccc2c(c1)OCO2)C(=O)C(=O)N1C[C@@H](O)C[C@@H]1C(=O)O. The molecule has 1 aromatic rings. The van der Waals surface area contributed by atoms with Crippen molar-refractivity contribution in [1.82, 2.24) is 10.2 Å². The highest BCUT2D eigenvalue weighted by atomic mass is 16.7. The van der Waals surface area contributed by atoms with Crippen LogP contribution in [0.4, 0.5) is 4.79 Å². The van der Waals surface area contributed by atoms with Crippen LogP contribution in [0.5, 0.6) is 11.5 Å². The molecule has 32 heavy (non-hydrogen) atoms. The highest BCUT2D eigenvalue weighted by molar-refractivity contribution is 6.38. The lowest BCUT2D eigenvalue weighted by atomic mass is 9.88. The molecule has 0 saturated carbocycles. The highest BCUT2D eigenvalue weighted by Gasteiger charge is 2.45. The van der Waals surface area contributed by atoms with E-state index in [0.29, 0.717) is 17.9 Å². The van der Waals surface area contributed by atoms with E-state index in [9.17, 15) is 29.4 Å². The van der Waals surface area contributed by atoms with Crippen molar-refractivity contribution in [3.63, 3.8) is 0 Å². The van der Waals surface area contributed by atoms with Crippen LogP contribution in [0.15, 0.2) is 18.2 Å². The first kappa shape index (κ1) is 23.3. The molecule has 1 saturated heterocycles. The fourth-order valence-electron chi connectivity index (χ4n) is 3.46. The quantitative estimate of drug-likeness (QED) is 0.476. The van der Waals surface area contributed by atoms with Gasteiger partial charge >= 0.3 is 12.1 Å². The molecule has 2 heterocycles. The van der Waals surface area contributed by atoms with Gasteiger partial charge in [0, 0.05) is 19.5 Å². The van der Waals surface area contributed by atoms with Gasteiger partial charge in [0.1, 0.15) is 12.6 Å². The van der Waals surface area contributed by atoms with Crippen LogP contribution in [0.25, 0.3) is 0 Å². The number of ketones is 1. The first-order valence-corrected chi connectivity index (χ1v) is 10.1. The van der Waals surface area contributed by atoms with E-state index in [2.05, 4.69) is 5.32 Å². The molecule has 0 aromatic heterocycles. The summed E-state index contributed by atoms with van der Waals surface area (Å²) in [7, 11) is 0. The van der Waals surface area contributed by atoms with Gasteiger partial charge in [-0.05, 0) is 38.0 Å². The summed E-state index contributed by atoms with van der Waals surface area (Å²) < 4.78 is 15.6. The third-order valence-electron chi connectivity index (χ3n) is 5.32. The molecule has 1 aromatic carbocycles. The standard InChI is InChI=1S/C21H26N2O9/c1-21(2,17(25)18(26)23-9-13(24)8-14(23)19(27)28)10-30-20(29)22-6-5-12-3-4-15-16(7-12)32-11-31-15/h3-4,7,13-14,24H,5-6,8-11H2,1-2H3,(H,22,29)(H,27,28)/t13-,14+/m0/s1. The monoisotopic (exact) mass is 450 g/mol. The van der Waals surface area contributed by atoms with E-state index < -0.39 is 41.3 Å². The second-order valence-corrected chi connectivity index (χ2v) is 8.35. The Morgan fingerprint density at radius 2 is 1.94 bits per heavy atom. The first-order chi connectivity index (χ1) is 15.1. The van der Waals surface area contributed by atoms with E-state index in [1.165, 1.54) is 13.8 Å². The Labute approximate surface area is 184 Å². The molecule has 2 aliphatic heterocycles. The van der Waals surface area contributed by atoms with Gasteiger partial charge in [-0.15, -0.1) is 0 Å². The molecule has 2 amide bonds. The number of aliphatic hydroxyl groups excluding tert-OH is 1. The Balaban J connectivity index is 1.46. The maximum absolute atomic E-state index is 12.6. The van der Waals surface area contributed by atoms with Crippen molar-refractivity contribution < 1.29 is 43.6 Å². The highest BCUT2D eigenvalue weighted by Crippen LogP contribution is 2.32. The summed E-state index contributed by atoms with van der Waals surface area (Å²) >= 11 is 0. The zero-order valence-corrected chi connectivity index (χ0v) is 17.8. The smallest absolute Gasteiger partial charge is 0.407 e. The zero-order chi connectivity index (χ0) is 23.5. The Bertz CT molecular complexity index is 915. The zero-order valence-electron chi connectivity index (χ0n) is 17.8. The van der Waals surface area contributed by atoms with Crippen molar-refractivity contribution in [2.45, 2.75) is 38.8 Å². The van der Waals surface area contributed by atoms with E-state index in [1.807, 2.05) is 12.1 Å². The number of fused-ring (bicyclic) bond motifs is 1. The maximum Gasteiger partial charge on any atom is 0.407 e. The number of ether oxygens (including phenoxy) is 3. The minimum atomic E-state index is -1.37. The predicted molar refractivity (Wildman–Crippen MR) is 108 cm³/mol. The van der Waals surface area contributed by atoms with Gasteiger partial charge < -0.3 is 34.6 Å². The van der Waals surface area contributed by atoms with E-state index >= 15 is 0 Å². The Kier molecular flexibility index (Phi) is 6.87. The molecular weight excluding hydrogens is 424 g/mol. The van der Waals surface area contributed by atoms with Crippen LogP contribution in [0.3, 0.4) is 0 Å². The second-order valence-electron chi connectivity index (χ2n) is 8.35. The van der Waals surface area contributed by atoms with Crippen molar-refractivity contribution in [1.29, 1.82) is 0 Å². The molecule has 0 spiro atoms. The fraction of sp³-hybridized carbons (Fsp3) is 0.524. The summed E-state index contributed by atoms with van der Waals surface area (Å²) in [5.41, 5.74) is -0.445. The van der Waals surface area contributed by atoms with Crippen LogP contribution in [-0.2, 0) is 25.5 Å². The molecule has 0 radical (unpaired) electrons. The Morgan fingerprint density at radius 1 is 1.22 bits per heavy atom. The first-order valence-electron chi connectivity index (χ1n) is 10.1. The number of Topliss-reactive ketones (excluding diaryl/α,β-unsaturated/α-hetero) is 1. The number of β-amino-alcohol motifs (C(OH)–C–C–N with tert-alkyl or cyclic N) is 1. The molecule has 0 unspecified atom stereocenters. The molecule has 174 valence electrons. The van der Waals surface area contributed by atoms with Gasteiger partial charge in [0.2, 0.25) is 12.6 Å². The summed E-state index contributed by atoms with van der Waals surface area (Å²) in [6, 6.07) is 4.20. The van der Waals surface area contributed by atoms with Gasteiger partial charge in [-0.2, -0.15) is 0 Å². The summed E-state index contributed by atoms with van der Waals surface area (Å²) in [5, 5.41) is 21.5. The van der Waals surface area contributed by atoms with Gasteiger partial charge in [0.05, 0.1) is 11.5 Å². The fourth-order valence-corrected chi connectivity index (χ4v) is 3.46.